The van der Waals surface area contributed by atoms with Gasteiger partial charge in [-0.1, -0.05) is 0 Å². The number of ether oxygens (including phenoxy) is 1. The first-order valence-electron chi connectivity index (χ1n) is 11.0. The number of aliphatic imine (C=N–C) groups is 1. The van der Waals surface area contributed by atoms with Crippen molar-refractivity contribution in [3.63, 3.8) is 0 Å². The largest absolute Gasteiger partial charge is 0.497 e. The number of urea groups is 1. The third-order valence-electron chi connectivity index (χ3n) is 6.72. The molecule has 32 heavy (non-hydrogen) atoms. The van der Waals surface area contributed by atoms with Gasteiger partial charge in [-0.25, -0.2) is 9.79 Å². The maximum Gasteiger partial charge on any atom is 0.325 e. The molecule has 2 saturated heterocycles. The molecule has 0 aliphatic carbocycles. The Balaban J connectivity index is 1.18. The smallest absolute Gasteiger partial charge is 0.325 e. The summed E-state index contributed by atoms with van der Waals surface area (Å²) in [7, 11) is 3.36. The van der Waals surface area contributed by atoms with Crippen molar-refractivity contribution in [1.29, 1.82) is 0 Å². The van der Waals surface area contributed by atoms with Gasteiger partial charge < -0.3 is 24.3 Å². The van der Waals surface area contributed by atoms with Gasteiger partial charge in [-0.2, -0.15) is 0 Å². The van der Waals surface area contributed by atoms with Crippen LogP contribution in [-0.2, 0) is 4.79 Å². The van der Waals surface area contributed by atoms with Crippen LogP contribution in [0.1, 0.15) is 6.92 Å². The van der Waals surface area contributed by atoms with Crippen LogP contribution in [0.2, 0.25) is 0 Å². The van der Waals surface area contributed by atoms with Gasteiger partial charge in [0, 0.05) is 63.9 Å². The Hall–Kier alpha value is -3.27. The number of nitrogens with zero attached hydrogens (tertiary/aromatic N) is 6. The van der Waals surface area contributed by atoms with Crippen molar-refractivity contribution in [3.8, 4) is 5.75 Å². The van der Waals surface area contributed by atoms with Gasteiger partial charge in [0.1, 0.15) is 5.75 Å². The summed E-state index contributed by atoms with van der Waals surface area (Å²) >= 11 is 0. The molecule has 0 aromatic heterocycles. The summed E-state index contributed by atoms with van der Waals surface area (Å²) in [5.41, 5.74) is 2.28. The van der Waals surface area contributed by atoms with E-state index in [1.165, 1.54) is 10.6 Å². The second-order valence-corrected chi connectivity index (χ2v) is 8.55. The van der Waals surface area contributed by atoms with Crippen LogP contribution in [0.4, 0.5) is 10.5 Å². The Labute approximate surface area is 187 Å². The fourth-order valence-electron chi connectivity index (χ4n) is 4.79. The minimum absolute atomic E-state index is 0.294. The van der Waals surface area contributed by atoms with E-state index in [9.17, 15) is 9.59 Å². The van der Waals surface area contributed by atoms with Crippen LogP contribution >= 0.6 is 0 Å². The molecule has 170 valence electrons. The quantitative estimate of drug-likeness (QED) is 0.717. The summed E-state index contributed by atoms with van der Waals surface area (Å²) in [6.45, 7) is 7.67. The number of piperazine rings is 1. The predicted octanol–water partition coefficient (Wildman–Crippen LogP) is 0.542. The van der Waals surface area contributed by atoms with Crippen LogP contribution in [0.5, 0.6) is 5.75 Å². The standard InChI is InChI=1S/C22H29N7O3/c1-15-14-29-18-19(25(2)22(31)24-20(18)30)23-21(29)28(15)13-10-26-8-11-27(12-9-26)16-4-6-17(32-3)7-5-16/h4-7,14,18-19H,8-13H2,1-3H3,(H,24,30,31). The van der Waals surface area contributed by atoms with Gasteiger partial charge in [0.15, 0.2) is 12.2 Å². The SMILES string of the molecule is COc1ccc(N2CCN(CCN3C(C)=CN4C3=NC3C4C(=O)NC(=O)N3C)CC2)cc1. The number of guanidine groups is 1. The van der Waals surface area contributed by atoms with Gasteiger partial charge >= 0.3 is 6.03 Å². The number of carbonyl (C=O) groups is 2. The van der Waals surface area contributed by atoms with Crippen LogP contribution in [0.25, 0.3) is 0 Å². The molecule has 0 spiro atoms. The summed E-state index contributed by atoms with van der Waals surface area (Å²) in [6, 6.07) is 7.32. The van der Waals surface area contributed by atoms with Crippen LogP contribution < -0.4 is 15.0 Å². The summed E-state index contributed by atoms with van der Waals surface area (Å²) in [4.78, 5) is 39.6. The Morgan fingerprint density at radius 1 is 1.09 bits per heavy atom. The molecule has 2 atom stereocenters. The number of fused-ring (bicyclic) bond motifs is 3. The molecule has 10 heteroatoms. The van der Waals surface area contributed by atoms with Crippen molar-refractivity contribution >= 4 is 23.6 Å². The minimum Gasteiger partial charge on any atom is -0.497 e. The first-order chi connectivity index (χ1) is 15.5. The van der Waals surface area contributed by atoms with E-state index in [4.69, 9.17) is 9.73 Å². The molecule has 0 saturated carbocycles. The van der Waals surface area contributed by atoms with Crippen molar-refractivity contribution in [3.05, 3.63) is 36.2 Å². The lowest BCUT2D eigenvalue weighted by molar-refractivity contribution is -0.126. The number of hydrogen-bond acceptors (Lipinski definition) is 8. The zero-order chi connectivity index (χ0) is 22.4. The maximum atomic E-state index is 12.4. The zero-order valence-electron chi connectivity index (χ0n) is 18.7. The van der Waals surface area contributed by atoms with Crippen LogP contribution in [0.15, 0.2) is 41.2 Å². The highest BCUT2D eigenvalue weighted by atomic mass is 16.5. The molecule has 0 radical (unpaired) electrons. The van der Waals surface area contributed by atoms with Gasteiger partial charge in [0.2, 0.25) is 5.96 Å². The van der Waals surface area contributed by atoms with E-state index in [0.29, 0.717) is 0 Å². The number of allylic oxidation sites excluding steroid dienone is 1. The molecule has 5 rings (SSSR count). The average Bonchev–Trinajstić information content (AvgIpc) is 3.31. The molecular formula is C22H29N7O3. The fraction of sp³-hybridized carbons (Fsp3) is 0.500. The monoisotopic (exact) mass is 439 g/mol. The molecule has 2 fully saturated rings. The molecule has 10 nitrogen and oxygen atoms in total. The minimum atomic E-state index is -0.499. The third-order valence-corrected chi connectivity index (χ3v) is 6.72. The Kier molecular flexibility index (Phi) is 5.16. The van der Waals surface area contributed by atoms with Crippen molar-refractivity contribution in [2.24, 2.45) is 4.99 Å². The first kappa shape index (κ1) is 20.6. The number of benzene rings is 1. The van der Waals surface area contributed by atoms with Crippen molar-refractivity contribution < 1.29 is 14.3 Å². The first-order valence-corrected chi connectivity index (χ1v) is 11.0. The van der Waals surface area contributed by atoms with E-state index in [0.717, 1.165) is 56.7 Å². The van der Waals surface area contributed by atoms with E-state index in [1.54, 1.807) is 14.2 Å². The molecule has 4 aliphatic rings. The number of amides is 3. The second-order valence-electron chi connectivity index (χ2n) is 8.55. The number of nitrogens with one attached hydrogen (secondary N) is 1. The van der Waals surface area contributed by atoms with E-state index in [1.807, 2.05) is 30.2 Å². The number of likely N-dealkylation sites (N-methyl/N-ethyl adjacent to an activating group) is 1. The van der Waals surface area contributed by atoms with Gasteiger partial charge in [0.05, 0.1) is 7.11 Å². The number of methoxy groups -OCH3 is 1. The second kappa shape index (κ2) is 8.01. The van der Waals surface area contributed by atoms with Crippen molar-refractivity contribution in [2.75, 3.05) is 58.3 Å². The lowest BCUT2D eigenvalue weighted by Crippen LogP contribution is -2.62. The number of carbonyl (C=O) groups excluding carboxylic acids is 2. The normalized spacial score (nSPS) is 25.5. The Morgan fingerprint density at radius 2 is 1.81 bits per heavy atom. The summed E-state index contributed by atoms with van der Waals surface area (Å²) in [6.07, 6.45) is 1.49. The van der Waals surface area contributed by atoms with Crippen molar-refractivity contribution in [2.45, 2.75) is 19.1 Å². The highest BCUT2D eigenvalue weighted by Crippen LogP contribution is 2.31. The average molecular weight is 440 g/mol. The molecular weight excluding hydrogens is 410 g/mol. The van der Waals surface area contributed by atoms with Gasteiger partial charge in [-0.15, -0.1) is 0 Å². The highest BCUT2D eigenvalue weighted by molar-refractivity contribution is 6.04. The maximum absolute atomic E-state index is 12.4. The molecule has 1 aromatic carbocycles. The highest BCUT2D eigenvalue weighted by Gasteiger charge is 2.51. The van der Waals surface area contributed by atoms with E-state index < -0.39 is 18.2 Å². The van der Waals surface area contributed by atoms with Crippen LogP contribution in [0.3, 0.4) is 0 Å². The summed E-state index contributed by atoms with van der Waals surface area (Å²) < 4.78 is 5.25. The van der Waals surface area contributed by atoms with Gasteiger partial charge in [-0.3, -0.25) is 15.0 Å². The molecule has 4 heterocycles. The van der Waals surface area contributed by atoms with E-state index in [-0.39, 0.29) is 5.91 Å². The molecule has 2 unspecified atom stereocenters. The third kappa shape index (κ3) is 3.44. The zero-order valence-corrected chi connectivity index (χ0v) is 18.7. The molecule has 1 N–H and O–H groups in total. The molecule has 1 aromatic rings. The number of hydrogen-bond donors (Lipinski definition) is 1. The van der Waals surface area contributed by atoms with Gasteiger partial charge in [-0.05, 0) is 31.2 Å². The summed E-state index contributed by atoms with van der Waals surface area (Å²) in [5.74, 6) is 1.33. The lowest BCUT2D eigenvalue weighted by Gasteiger charge is -2.37. The summed E-state index contributed by atoms with van der Waals surface area (Å²) in [5, 5.41) is 2.42. The Bertz CT molecular complexity index is 968. The fourth-order valence-corrected chi connectivity index (χ4v) is 4.79. The van der Waals surface area contributed by atoms with Crippen molar-refractivity contribution in [1.82, 2.24) is 24.9 Å². The predicted molar refractivity (Wildman–Crippen MR) is 120 cm³/mol. The number of anilines is 1. The lowest BCUT2D eigenvalue weighted by atomic mass is 10.1. The van der Waals surface area contributed by atoms with Crippen LogP contribution in [-0.4, -0.2) is 103 Å². The molecule has 0 bridgehead atoms. The number of imide groups is 1. The van der Waals surface area contributed by atoms with E-state index in [2.05, 4.69) is 32.1 Å². The number of rotatable bonds is 5. The molecule has 3 amide bonds. The topological polar surface area (TPSA) is 84.0 Å². The van der Waals surface area contributed by atoms with Gasteiger partial charge in [0.25, 0.3) is 5.91 Å². The van der Waals surface area contributed by atoms with Crippen LogP contribution in [0, 0.1) is 0 Å². The molecule has 4 aliphatic heterocycles. The Morgan fingerprint density at radius 3 is 2.50 bits per heavy atom. The van der Waals surface area contributed by atoms with E-state index >= 15 is 0 Å².